The van der Waals surface area contributed by atoms with Crippen LogP contribution in [0.2, 0.25) is 0 Å². The Labute approximate surface area is 90.5 Å². The zero-order chi connectivity index (χ0) is 10.2. The summed E-state index contributed by atoms with van der Waals surface area (Å²) in [5.41, 5.74) is 0. The Bertz CT molecular complexity index is 122. The Hall–Kier alpha value is 0. The van der Waals surface area contributed by atoms with Crippen LogP contribution in [0, 0.1) is 11.8 Å². The molecule has 0 aromatic heterocycles. The first-order chi connectivity index (χ1) is 6.83. The van der Waals surface area contributed by atoms with Gasteiger partial charge < -0.3 is 0 Å². The molecule has 0 saturated heterocycles. The SMILES string of the molecule is CCCCCCC(C)CC1CCCC1. The predicted octanol–water partition coefficient (Wildman–Crippen LogP) is 5.17. The van der Waals surface area contributed by atoms with Crippen LogP contribution < -0.4 is 0 Å². The third-order valence-electron chi connectivity index (χ3n) is 3.76. The zero-order valence-corrected chi connectivity index (χ0v) is 10.2. The second-order valence-corrected chi connectivity index (χ2v) is 5.34. The second kappa shape index (κ2) is 7.31. The molecule has 0 radical (unpaired) electrons. The summed E-state index contributed by atoms with van der Waals surface area (Å²) in [4.78, 5) is 0. The van der Waals surface area contributed by atoms with E-state index in [1.165, 1.54) is 64.2 Å². The molecule has 0 heteroatoms. The Morgan fingerprint density at radius 1 is 1.07 bits per heavy atom. The van der Waals surface area contributed by atoms with Gasteiger partial charge in [0.1, 0.15) is 0 Å². The van der Waals surface area contributed by atoms with E-state index in [1.807, 2.05) is 0 Å². The maximum Gasteiger partial charge on any atom is -0.0412 e. The molecule has 0 aromatic carbocycles. The molecule has 1 fully saturated rings. The van der Waals surface area contributed by atoms with E-state index >= 15 is 0 Å². The highest BCUT2D eigenvalue weighted by molar-refractivity contribution is 4.69. The summed E-state index contributed by atoms with van der Waals surface area (Å²) in [5, 5.41) is 0. The summed E-state index contributed by atoms with van der Waals surface area (Å²) >= 11 is 0. The van der Waals surface area contributed by atoms with Crippen LogP contribution in [0.1, 0.15) is 78.1 Å². The van der Waals surface area contributed by atoms with Gasteiger partial charge in [0.25, 0.3) is 0 Å². The summed E-state index contributed by atoms with van der Waals surface area (Å²) in [7, 11) is 0. The summed E-state index contributed by atoms with van der Waals surface area (Å²) in [5.74, 6) is 2.09. The second-order valence-electron chi connectivity index (χ2n) is 5.34. The Balaban J connectivity index is 1.95. The molecule has 0 spiro atoms. The molecular formula is C14H28. The van der Waals surface area contributed by atoms with Crippen molar-refractivity contribution in [3.63, 3.8) is 0 Å². The minimum atomic E-state index is 0.995. The Morgan fingerprint density at radius 3 is 2.43 bits per heavy atom. The normalized spacial score (nSPS) is 20.1. The third kappa shape index (κ3) is 5.02. The summed E-state index contributed by atoms with van der Waals surface area (Å²) < 4.78 is 0. The van der Waals surface area contributed by atoms with Crippen LogP contribution in [0.5, 0.6) is 0 Å². The van der Waals surface area contributed by atoms with Gasteiger partial charge in [0, 0.05) is 0 Å². The van der Waals surface area contributed by atoms with Crippen LogP contribution in [0.4, 0.5) is 0 Å². The van der Waals surface area contributed by atoms with E-state index < -0.39 is 0 Å². The van der Waals surface area contributed by atoms with Gasteiger partial charge in [-0.05, 0) is 18.3 Å². The third-order valence-corrected chi connectivity index (χ3v) is 3.76. The summed E-state index contributed by atoms with van der Waals surface area (Å²) in [6.07, 6.45) is 14.8. The molecule has 0 amide bonds. The van der Waals surface area contributed by atoms with Crippen LogP contribution in [0.25, 0.3) is 0 Å². The highest BCUT2D eigenvalue weighted by atomic mass is 14.2. The Kier molecular flexibility index (Phi) is 6.31. The van der Waals surface area contributed by atoms with E-state index in [2.05, 4.69) is 13.8 Å². The van der Waals surface area contributed by atoms with Crippen LogP contribution in [0.3, 0.4) is 0 Å². The maximum atomic E-state index is 2.46. The maximum absolute atomic E-state index is 2.46. The standard InChI is InChI=1S/C14H28/c1-3-4-5-6-9-13(2)12-14-10-7-8-11-14/h13-14H,3-12H2,1-2H3. The van der Waals surface area contributed by atoms with Crippen molar-refractivity contribution >= 4 is 0 Å². The quantitative estimate of drug-likeness (QED) is 0.493. The van der Waals surface area contributed by atoms with E-state index in [4.69, 9.17) is 0 Å². The molecule has 1 atom stereocenters. The lowest BCUT2D eigenvalue weighted by atomic mass is 9.91. The molecular weight excluding hydrogens is 168 g/mol. The van der Waals surface area contributed by atoms with Gasteiger partial charge in [0.05, 0.1) is 0 Å². The van der Waals surface area contributed by atoms with Crippen molar-refractivity contribution in [1.82, 2.24) is 0 Å². The molecule has 0 aromatic rings. The molecule has 14 heavy (non-hydrogen) atoms. The van der Waals surface area contributed by atoms with Crippen molar-refractivity contribution in [3.05, 3.63) is 0 Å². The number of hydrogen-bond acceptors (Lipinski definition) is 0. The topological polar surface area (TPSA) is 0 Å². The first kappa shape index (κ1) is 12.1. The van der Waals surface area contributed by atoms with E-state index in [9.17, 15) is 0 Å². The number of hydrogen-bond donors (Lipinski definition) is 0. The van der Waals surface area contributed by atoms with Gasteiger partial charge in [0.2, 0.25) is 0 Å². The lowest BCUT2D eigenvalue weighted by Crippen LogP contribution is -2.02. The van der Waals surface area contributed by atoms with Crippen molar-refractivity contribution in [2.45, 2.75) is 78.1 Å². The zero-order valence-electron chi connectivity index (χ0n) is 10.2. The minimum Gasteiger partial charge on any atom is -0.0654 e. The average Bonchev–Trinajstić information content (AvgIpc) is 2.65. The monoisotopic (exact) mass is 196 g/mol. The van der Waals surface area contributed by atoms with E-state index in [0.29, 0.717) is 0 Å². The predicted molar refractivity (Wildman–Crippen MR) is 64.5 cm³/mol. The molecule has 84 valence electrons. The van der Waals surface area contributed by atoms with Gasteiger partial charge >= 0.3 is 0 Å². The van der Waals surface area contributed by atoms with Crippen LogP contribution in [0.15, 0.2) is 0 Å². The summed E-state index contributed by atoms with van der Waals surface area (Å²) in [6, 6.07) is 0. The highest BCUT2D eigenvalue weighted by Crippen LogP contribution is 2.31. The first-order valence-corrected chi connectivity index (χ1v) is 6.83. The van der Waals surface area contributed by atoms with Crippen LogP contribution >= 0.6 is 0 Å². The molecule has 0 N–H and O–H groups in total. The van der Waals surface area contributed by atoms with Crippen molar-refractivity contribution in [2.75, 3.05) is 0 Å². The summed E-state index contributed by atoms with van der Waals surface area (Å²) in [6.45, 7) is 4.76. The lowest BCUT2D eigenvalue weighted by molar-refractivity contribution is 0.368. The Morgan fingerprint density at radius 2 is 1.79 bits per heavy atom. The fourth-order valence-electron chi connectivity index (χ4n) is 2.85. The molecule has 1 aliphatic carbocycles. The molecule has 1 rings (SSSR count). The molecule has 1 unspecified atom stereocenters. The number of rotatable bonds is 7. The van der Waals surface area contributed by atoms with Crippen molar-refractivity contribution in [2.24, 2.45) is 11.8 Å². The molecule has 0 bridgehead atoms. The van der Waals surface area contributed by atoms with Crippen molar-refractivity contribution in [3.8, 4) is 0 Å². The van der Waals surface area contributed by atoms with Gasteiger partial charge in [-0.1, -0.05) is 71.6 Å². The molecule has 0 heterocycles. The largest absolute Gasteiger partial charge is 0.0654 e. The van der Waals surface area contributed by atoms with E-state index in [1.54, 1.807) is 0 Å². The van der Waals surface area contributed by atoms with Gasteiger partial charge in [-0.15, -0.1) is 0 Å². The molecule has 1 saturated carbocycles. The van der Waals surface area contributed by atoms with Crippen LogP contribution in [-0.2, 0) is 0 Å². The van der Waals surface area contributed by atoms with Gasteiger partial charge in [0.15, 0.2) is 0 Å². The molecule has 0 nitrogen and oxygen atoms in total. The van der Waals surface area contributed by atoms with Crippen LogP contribution in [-0.4, -0.2) is 0 Å². The fourth-order valence-corrected chi connectivity index (χ4v) is 2.85. The van der Waals surface area contributed by atoms with Crippen molar-refractivity contribution < 1.29 is 0 Å². The average molecular weight is 196 g/mol. The smallest absolute Gasteiger partial charge is 0.0412 e. The van der Waals surface area contributed by atoms with Gasteiger partial charge in [-0.3, -0.25) is 0 Å². The van der Waals surface area contributed by atoms with Gasteiger partial charge in [-0.2, -0.15) is 0 Å². The van der Waals surface area contributed by atoms with E-state index in [-0.39, 0.29) is 0 Å². The fraction of sp³-hybridized carbons (Fsp3) is 1.00. The lowest BCUT2D eigenvalue weighted by Gasteiger charge is -2.15. The molecule has 1 aliphatic rings. The van der Waals surface area contributed by atoms with Gasteiger partial charge in [-0.25, -0.2) is 0 Å². The molecule has 0 aliphatic heterocycles. The highest BCUT2D eigenvalue weighted by Gasteiger charge is 2.17. The van der Waals surface area contributed by atoms with E-state index in [0.717, 1.165) is 11.8 Å². The minimum absolute atomic E-state index is 0.995. The number of unbranched alkanes of at least 4 members (excludes halogenated alkanes) is 3. The van der Waals surface area contributed by atoms with Crippen molar-refractivity contribution in [1.29, 1.82) is 0 Å². The first-order valence-electron chi connectivity index (χ1n) is 6.83.